The van der Waals surface area contributed by atoms with E-state index in [1.54, 1.807) is 6.92 Å². The summed E-state index contributed by atoms with van der Waals surface area (Å²) in [6, 6.07) is 7.37. The number of aryl methyl sites for hydroxylation is 1. The number of nitrogens with two attached hydrogens (primary N) is 1. The lowest BCUT2D eigenvalue weighted by Gasteiger charge is -2.11. The third-order valence-corrected chi connectivity index (χ3v) is 4.16. The van der Waals surface area contributed by atoms with Crippen LogP contribution in [0.3, 0.4) is 0 Å². The van der Waals surface area contributed by atoms with Crippen molar-refractivity contribution in [3.05, 3.63) is 53.6 Å². The van der Waals surface area contributed by atoms with Gasteiger partial charge in [-0.3, -0.25) is 4.72 Å². The van der Waals surface area contributed by atoms with Crippen LogP contribution in [0.5, 0.6) is 0 Å². The molecule has 0 atom stereocenters. The van der Waals surface area contributed by atoms with Gasteiger partial charge in [0, 0.05) is 0 Å². The first-order valence-electron chi connectivity index (χ1n) is 5.64. The Labute approximate surface area is 115 Å². The average Bonchev–Trinajstić information content (AvgIpc) is 2.33. The summed E-state index contributed by atoms with van der Waals surface area (Å²) < 4.78 is 53.3. The zero-order chi connectivity index (χ0) is 14.9. The van der Waals surface area contributed by atoms with Crippen LogP contribution in [0.2, 0.25) is 0 Å². The van der Waals surface area contributed by atoms with Crippen LogP contribution in [0.15, 0.2) is 41.3 Å². The number of sulfonamides is 1. The van der Waals surface area contributed by atoms with E-state index in [0.29, 0.717) is 5.56 Å². The molecule has 0 bridgehead atoms. The quantitative estimate of drug-likeness (QED) is 0.856. The van der Waals surface area contributed by atoms with E-state index >= 15 is 0 Å². The van der Waals surface area contributed by atoms with E-state index in [0.717, 1.165) is 12.1 Å². The van der Waals surface area contributed by atoms with Crippen LogP contribution in [-0.4, -0.2) is 8.42 Å². The number of rotatable bonds is 3. The second-order valence-corrected chi connectivity index (χ2v) is 5.85. The van der Waals surface area contributed by atoms with Gasteiger partial charge in [0.2, 0.25) is 0 Å². The first-order chi connectivity index (χ1) is 9.31. The van der Waals surface area contributed by atoms with Gasteiger partial charge in [0.25, 0.3) is 10.0 Å². The Morgan fingerprint density at radius 2 is 1.80 bits per heavy atom. The van der Waals surface area contributed by atoms with Crippen molar-refractivity contribution in [2.24, 2.45) is 0 Å². The van der Waals surface area contributed by atoms with Gasteiger partial charge in [-0.05, 0) is 36.8 Å². The predicted molar refractivity (Wildman–Crippen MR) is 72.8 cm³/mol. The summed E-state index contributed by atoms with van der Waals surface area (Å²) in [4.78, 5) is -0.652. The molecular formula is C13H12F2N2O2S. The monoisotopic (exact) mass is 298 g/mol. The molecule has 2 aromatic carbocycles. The topological polar surface area (TPSA) is 72.2 Å². The van der Waals surface area contributed by atoms with E-state index in [4.69, 9.17) is 5.73 Å². The van der Waals surface area contributed by atoms with Crippen LogP contribution < -0.4 is 10.5 Å². The standard InChI is InChI=1S/C13H12F2N2O2S/c1-8-5-6-9(7-11(8)15)17-20(18,19)13-10(14)3-2-4-12(13)16/h2-7,17H,16H2,1H3. The van der Waals surface area contributed by atoms with E-state index < -0.39 is 26.6 Å². The number of benzene rings is 2. The Bertz CT molecular complexity index is 741. The smallest absolute Gasteiger partial charge is 0.266 e. The van der Waals surface area contributed by atoms with E-state index in [1.165, 1.54) is 24.3 Å². The molecule has 20 heavy (non-hydrogen) atoms. The van der Waals surface area contributed by atoms with Crippen molar-refractivity contribution in [2.45, 2.75) is 11.8 Å². The maximum Gasteiger partial charge on any atom is 0.266 e. The molecule has 2 aromatic rings. The SMILES string of the molecule is Cc1ccc(NS(=O)(=O)c2c(N)cccc2F)cc1F. The van der Waals surface area contributed by atoms with Gasteiger partial charge in [-0.15, -0.1) is 0 Å². The lowest BCUT2D eigenvalue weighted by molar-refractivity contribution is 0.571. The van der Waals surface area contributed by atoms with Crippen molar-refractivity contribution in [3.8, 4) is 0 Å². The Morgan fingerprint density at radius 3 is 2.40 bits per heavy atom. The molecule has 0 saturated carbocycles. The number of hydrogen-bond donors (Lipinski definition) is 2. The highest BCUT2D eigenvalue weighted by molar-refractivity contribution is 7.92. The molecule has 0 aliphatic rings. The summed E-state index contributed by atoms with van der Waals surface area (Å²) in [5.41, 5.74) is 5.63. The second kappa shape index (κ2) is 5.09. The first-order valence-corrected chi connectivity index (χ1v) is 7.12. The van der Waals surface area contributed by atoms with Crippen molar-refractivity contribution in [1.29, 1.82) is 0 Å². The average molecular weight is 298 g/mol. The minimum Gasteiger partial charge on any atom is -0.398 e. The molecule has 0 aromatic heterocycles. The van der Waals surface area contributed by atoms with Crippen molar-refractivity contribution in [2.75, 3.05) is 10.5 Å². The Morgan fingerprint density at radius 1 is 1.10 bits per heavy atom. The summed E-state index contributed by atoms with van der Waals surface area (Å²) in [5.74, 6) is -1.53. The van der Waals surface area contributed by atoms with Gasteiger partial charge in [0.1, 0.15) is 16.5 Å². The lowest BCUT2D eigenvalue weighted by atomic mass is 10.2. The Kier molecular flexibility index (Phi) is 3.63. The Balaban J connectivity index is 2.43. The largest absolute Gasteiger partial charge is 0.398 e. The van der Waals surface area contributed by atoms with Crippen LogP contribution in [-0.2, 0) is 10.0 Å². The molecule has 0 unspecified atom stereocenters. The minimum absolute atomic E-state index is 0.00393. The molecule has 0 aliphatic carbocycles. The number of hydrogen-bond acceptors (Lipinski definition) is 3. The van der Waals surface area contributed by atoms with Gasteiger partial charge in [-0.25, -0.2) is 17.2 Å². The van der Waals surface area contributed by atoms with Crippen LogP contribution in [0.25, 0.3) is 0 Å². The maximum atomic E-state index is 13.6. The van der Waals surface area contributed by atoms with Gasteiger partial charge < -0.3 is 5.73 Å². The molecule has 0 saturated heterocycles. The zero-order valence-electron chi connectivity index (χ0n) is 10.5. The summed E-state index contributed by atoms with van der Waals surface area (Å²) >= 11 is 0. The number of nitrogen functional groups attached to an aromatic ring is 1. The lowest BCUT2D eigenvalue weighted by Crippen LogP contribution is -2.16. The first kappa shape index (κ1) is 14.3. The molecule has 4 nitrogen and oxygen atoms in total. The van der Waals surface area contributed by atoms with E-state index in [9.17, 15) is 17.2 Å². The van der Waals surface area contributed by atoms with Crippen LogP contribution in [0.1, 0.15) is 5.56 Å². The number of anilines is 2. The summed E-state index contributed by atoms with van der Waals surface area (Å²) in [6.07, 6.45) is 0. The van der Waals surface area contributed by atoms with Crippen molar-refractivity contribution in [1.82, 2.24) is 0 Å². The predicted octanol–water partition coefficient (Wildman–Crippen LogP) is 2.66. The third-order valence-electron chi connectivity index (χ3n) is 2.69. The van der Waals surface area contributed by atoms with E-state index in [-0.39, 0.29) is 11.4 Å². The highest BCUT2D eigenvalue weighted by atomic mass is 32.2. The van der Waals surface area contributed by atoms with E-state index in [2.05, 4.69) is 4.72 Å². The minimum atomic E-state index is -4.22. The summed E-state index contributed by atoms with van der Waals surface area (Å²) in [7, 11) is -4.22. The van der Waals surface area contributed by atoms with Crippen molar-refractivity contribution < 1.29 is 17.2 Å². The molecule has 0 heterocycles. The number of nitrogens with one attached hydrogen (secondary N) is 1. The number of halogens is 2. The van der Waals surface area contributed by atoms with Gasteiger partial charge in [0.15, 0.2) is 0 Å². The molecule has 2 rings (SSSR count). The fourth-order valence-corrected chi connectivity index (χ4v) is 2.91. The van der Waals surface area contributed by atoms with Crippen molar-refractivity contribution in [3.63, 3.8) is 0 Å². The second-order valence-electron chi connectivity index (χ2n) is 4.23. The van der Waals surface area contributed by atoms with Crippen LogP contribution in [0.4, 0.5) is 20.2 Å². The maximum absolute atomic E-state index is 13.6. The van der Waals surface area contributed by atoms with E-state index in [1.807, 2.05) is 0 Å². The van der Waals surface area contributed by atoms with Crippen LogP contribution in [0, 0.1) is 18.6 Å². The van der Waals surface area contributed by atoms with Gasteiger partial charge >= 0.3 is 0 Å². The summed E-state index contributed by atoms with van der Waals surface area (Å²) in [5, 5.41) is 0. The third kappa shape index (κ3) is 2.72. The molecule has 0 aliphatic heterocycles. The summed E-state index contributed by atoms with van der Waals surface area (Å²) in [6.45, 7) is 1.54. The molecule has 0 spiro atoms. The molecule has 0 fully saturated rings. The fraction of sp³-hybridized carbons (Fsp3) is 0.0769. The molecule has 3 N–H and O–H groups in total. The highest BCUT2D eigenvalue weighted by Gasteiger charge is 2.22. The van der Waals surface area contributed by atoms with Gasteiger partial charge in [-0.1, -0.05) is 12.1 Å². The van der Waals surface area contributed by atoms with Crippen LogP contribution >= 0.6 is 0 Å². The zero-order valence-corrected chi connectivity index (χ0v) is 11.3. The molecule has 7 heteroatoms. The Hall–Kier alpha value is -2.15. The normalized spacial score (nSPS) is 11.3. The molecule has 106 valence electrons. The van der Waals surface area contributed by atoms with Crippen molar-refractivity contribution >= 4 is 21.4 Å². The van der Waals surface area contributed by atoms with Gasteiger partial charge in [-0.2, -0.15) is 0 Å². The van der Waals surface area contributed by atoms with Gasteiger partial charge in [0.05, 0.1) is 11.4 Å². The molecule has 0 amide bonds. The molecule has 0 radical (unpaired) electrons. The molecular weight excluding hydrogens is 286 g/mol. The fourth-order valence-electron chi connectivity index (χ4n) is 1.67. The highest BCUT2D eigenvalue weighted by Crippen LogP contribution is 2.25.